The Morgan fingerprint density at radius 2 is 2.07 bits per heavy atom. The smallest absolute Gasteiger partial charge is 0.384 e. The average molecular weight is 623 g/mol. The minimum absolute atomic E-state index is 0.00353. The summed E-state index contributed by atoms with van der Waals surface area (Å²) in [5, 5.41) is 12.3. The fourth-order valence-corrected chi connectivity index (χ4v) is 6.25. The maximum atomic E-state index is 13.6. The molecule has 2 N–H and O–H groups in total. The molecule has 43 heavy (non-hydrogen) atoms. The number of carbonyl (C=O) groups excluding carboxylic acids is 1. The Kier molecular flexibility index (Phi) is 9.37. The predicted octanol–water partition coefficient (Wildman–Crippen LogP) is 5.63. The quantitative estimate of drug-likeness (QED) is 0.131. The first-order valence-corrected chi connectivity index (χ1v) is 14.9. The summed E-state index contributed by atoms with van der Waals surface area (Å²) in [7, 11) is 3.50. The number of hydrogen-bond donors (Lipinski definition) is 2. The summed E-state index contributed by atoms with van der Waals surface area (Å²) in [5.74, 6) is -0.263. The molecule has 0 saturated heterocycles. The number of ether oxygens (including phenoxy) is 1. The molecule has 0 bridgehead atoms. The number of alkyl halides is 4. The van der Waals surface area contributed by atoms with Crippen LogP contribution >= 0.6 is 11.3 Å². The molecule has 1 amide bonds. The van der Waals surface area contributed by atoms with Gasteiger partial charge in [0, 0.05) is 46.9 Å². The fourth-order valence-electron chi connectivity index (χ4n) is 5.11. The zero-order chi connectivity index (χ0) is 30.6. The Labute approximate surface area is 250 Å². The highest BCUT2D eigenvalue weighted by atomic mass is 32.1. The molecule has 4 aromatic rings. The normalized spacial score (nSPS) is 14.5. The van der Waals surface area contributed by atoms with E-state index in [0.717, 1.165) is 28.7 Å². The number of carbonyl (C=O) groups is 1. The lowest BCUT2D eigenvalue weighted by atomic mass is 10.1. The van der Waals surface area contributed by atoms with Crippen LogP contribution in [0.15, 0.2) is 40.2 Å². The van der Waals surface area contributed by atoms with Gasteiger partial charge in [-0.25, -0.2) is 4.39 Å². The Morgan fingerprint density at radius 3 is 2.79 bits per heavy atom. The maximum absolute atomic E-state index is 13.6. The molecule has 5 rings (SSSR count). The van der Waals surface area contributed by atoms with E-state index in [0.29, 0.717) is 48.4 Å². The van der Waals surface area contributed by atoms with Gasteiger partial charge in [-0.2, -0.15) is 18.2 Å². The van der Waals surface area contributed by atoms with Crippen molar-refractivity contribution in [2.45, 2.75) is 43.9 Å². The highest BCUT2D eigenvalue weighted by Crippen LogP contribution is 2.50. The number of rotatable bonds is 15. The van der Waals surface area contributed by atoms with Gasteiger partial charge in [0.25, 0.3) is 5.91 Å². The van der Waals surface area contributed by atoms with Crippen LogP contribution in [0, 0.1) is 0 Å². The largest absolute Gasteiger partial charge is 0.406 e. The summed E-state index contributed by atoms with van der Waals surface area (Å²) in [5.41, 5.74) is 1.68. The highest BCUT2D eigenvalue weighted by molar-refractivity contribution is 7.10. The van der Waals surface area contributed by atoms with Crippen LogP contribution in [0.3, 0.4) is 0 Å². The van der Waals surface area contributed by atoms with Crippen LogP contribution in [0.1, 0.15) is 40.4 Å². The number of benzene rings is 1. The van der Waals surface area contributed by atoms with E-state index < -0.39 is 19.4 Å². The molecule has 0 spiro atoms. The van der Waals surface area contributed by atoms with Crippen molar-refractivity contribution in [3.63, 3.8) is 0 Å². The summed E-state index contributed by atoms with van der Waals surface area (Å²) in [6.45, 7) is 0.450. The Balaban J connectivity index is 1.30. The fraction of sp³-hybridized carbons (Fsp3) is 0.483. The summed E-state index contributed by atoms with van der Waals surface area (Å²) >= 11 is 1.52. The minimum Gasteiger partial charge on any atom is -0.384 e. The van der Waals surface area contributed by atoms with Gasteiger partial charge in [0.1, 0.15) is 13.2 Å². The first-order chi connectivity index (χ1) is 20.6. The third kappa shape index (κ3) is 7.36. The van der Waals surface area contributed by atoms with E-state index in [1.807, 2.05) is 18.0 Å². The SMILES string of the molecule is COCC1(c2cc(C(=O)NCc3nc(-c4cc5c(NCCCN(C)CCF)cccc5n4CC(F)(F)F)no3)cs2)CC1. The maximum Gasteiger partial charge on any atom is 0.406 e. The van der Waals surface area contributed by atoms with E-state index in [4.69, 9.17) is 9.26 Å². The molecule has 1 fully saturated rings. The van der Waals surface area contributed by atoms with E-state index in [2.05, 4.69) is 20.8 Å². The van der Waals surface area contributed by atoms with E-state index in [9.17, 15) is 22.4 Å². The number of methoxy groups -OCH3 is 1. The van der Waals surface area contributed by atoms with Gasteiger partial charge < -0.3 is 29.4 Å². The van der Waals surface area contributed by atoms with E-state index in [-0.39, 0.29) is 35.3 Å². The van der Waals surface area contributed by atoms with Crippen LogP contribution in [0.2, 0.25) is 0 Å². The van der Waals surface area contributed by atoms with Gasteiger partial charge >= 0.3 is 6.18 Å². The summed E-state index contributed by atoms with van der Waals surface area (Å²) in [4.78, 5) is 20.1. The van der Waals surface area contributed by atoms with E-state index in [1.165, 1.54) is 11.3 Å². The molecule has 14 heteroatoms. The van der Waals surface area contributed by atoms with Crippen LogP contribution < -0.4 is 10.6 Å². The summed E-state index contributed by atoms with van der Waals surface area (Å²) < 4.78 is 65.2. The zero-order valence-electron chi connectivity index (χ0n) is 24.0. The van der Waals surface area contributed by atoms with Crippen molar-refractivity contribution in [3.8, 4) is 11.5 Å². The Morgan fingerprint density at radius 1 is 1.26 bits per heavy atom. The van der Waals surface area contributed by atoms with Gasteiger partial charge in [0.05, 0.1) is 29.9 Å². The number of aromatic nitrogens is 3. The molecular formula is C29H34F4N6O3S. The topological polar surface area (TPSA) is 97.4 Å². The van der Waals surface area contributed by atoms with Crippen molar-refractivity contribution < 1.29 is 31.6 Å². The number of nitrogens with one attached hydrogen (secondary N) is 2. The number of fused-ring (bicyclic) bond motifs is 1. The van der Waals surface area contributed by atoms with Gasteiger partial charge in [-0.05, 0) is 57.1 Å². The van der Waals surface area contributed by atoms with Crippen molar-refractivity contribution in [2.75, 3.05) is 52.4 Å². The van der Waals surface area contributed by atoms with Gasteiger partial charge in [-0.1, -0.05) is 11.2 Å². The number of hydrogen-bond acceptors (Lipinski definition) is 8. The van der Waals surface area contributed by atoms with Crippen molar-refractivity contribution in [3.05, 3.63) is 52.0 Å². The molecule has 3 heterocycles. The van der Waals surface area contributed by atoms with Crippen molar-refractivity contribution in [1.82, 2.24) is 24.9 Å². The van der Waals surface area contributed by atoms with E-state index >= 15 is 0 Å². The second-order valence-corrected chi connectivity index (χ2v) is 11.8. The molecule has 1 aliphatic rings. The molecular weight excluding hydrogens is 588 g/mol. The van der Waals surface area contributed by atoms with Crippen molar-refractivity contribution >= 4 is 33.8 Å². The second-order valence-electron chi connectivity index (χ2n) is 10.8. The third-order valence-electron chi connectivity index (χ3n) is 7.54. The number of halogens is 4. The van der Waals surface area contributed by atoms with Crippen LogP contribution in [0.5, 0.6) is 0 Å². The summed E-state index contributed by atoms with van der Waals surface area (Å²) in [6.07, 6.45) is -1.72. The van der Waals surface area contributed by atoms with Crippen LogP contribution in [0.4, 0.5) is 23.2 Å². The Hall–Kier alpha value is -3.49. The van der Waals surface area contributed by atoms with Gasteiger partial charge in [0.15, 0.2) is 0 Å². The molecule has 1 aliphatic carbocycles. The number of amides is 1. The van der Waals surface area contributed by atoms with Crippen LogP contribution in [-0.2, 0) is 23.2 Å². The Bertz CT molecular complexity index is 1540. The average Bonchev–Trinajstić information content (AvgIpc) is 3.31. The lowest BCUT2D eigenvalue weighted by Crippen LogP contribution is -2.23. The van der Waals surface area contributed by atoms with Gasteiger partial charge in [-0.15, -0.1) is 11.3 Å². The molecule has 0 aliphatic heterocycles. The van der Waals surface area contributed by atoms with Gasteiger partial charge in [-0.3, -0.25) is 4.79 Å². The second kappa shape index (κ2) is 13.0. The zero-order valence-corrected chi connectivity index (χ0v) is 24.8. The molecule has 0 unspecified atom stereocenters. The standard InChI is InChI=1S/C29H34F4N6O3S/c1-38(12-9-30)11-4-10-34-21-5-3-6-22-20(21)14-23(39(22)17-29(31,32)33)26-36-25(42-37-26)15-35-27(40)19-13-24(43-16-19)28(7-8-28)18-41-2/h3,5-6,13-14,16,34H,4,7-12,15,17-18H2,1-2H3,(H,35,40). The molecule has 1 saturated carbocycles. The van der Waals surface area contributed by atoms with E-state index in [1.54, 1.807) is 36.8 Å². The summed E-state index contributed by atoms with van der Waals surface area (Å²) in [6, 6.07) is 8.56. The molecule has 0 atom stereocenters. The first kappa shape index (κ1) is 31.0. The number of nitrogens with zero attached hydrogens (tertiary/aromatic N) is 4. The first-order valence-electron chi connectivity index (χ1n) is 14.0. The van der Waals surface area contributed by atoms with Crippen molar-refractivity contribution in [2.24, 2.45) is 0 Å². The molecule has 0 radical (unpaired) electrons. The highest BCUT2D eigenvalue weighted by Gasteiger charge is 2.45. The molecule has 1 aromatic carbocycles. The van der Waals surface area contributed by atoms with Crippen molar-refractivity contribution in [1.29, 1.82) is 0 Å². The molecule has 9 nitrogen and oxygen atoms in total. The third-order valence-corrected chi connectivity index (χ3v) is 8.71. The van der Waals surface area contributed by atoms with Crippen LogP contribution in [0.25, 0.3) is 22.4 Å². The predicted molar refractivity (Wildman–Crippen MR) is 156 cm³/mol. The lowest BCUT2D eigenvalue weighted by Gasteiger charge is -2.15. The monoisotopic (exact) mass is 622 g/mol. The lowest BCUT2D eigenvalue weighted by molar-refractivity contribution is -0.139. The number of thiophene rings is 1. The molecule has 3 aromatic heterocycles. The molecule has 232 valence electrons. The van der Waals surface area contributed by atoms with Crippen LogP contribution in [-0.4, -0.2) is 78.8 Å². The number of anilines is 1. The van der Waals surface area contributed by atoms with Gasteiger partial charge in [0.2, 0.25) is 11.7 Å². The minimum atomic E-state index is -4.49.